The average molecular weight is 835 g/mol. The Bertz CT molecular complexity index is 4010. The highest BCUT2D eigenvalue weighted by Crippen LogP contribution is 2.63. The summed E-state index contributed by atoms with van der Waals surface area (Å²) in [4.78, 5) is 20.9. The highest BCUT2D eigenvalue weighted by atomic mass is 14.7. The molecule has 0 saturated carbocycles. The van der Waals surface area contributed by atoms with E-state index in [-0.39, 0.29) is 0 Å². The first-order chi connectivity index (χ1) is 32.8. The van der Waals surface area contributed by atoms with Gasteiger partial charge in [-0.05, 0) is 89.6 Å². The van der Waals surface area contributed by atoms with E-state index in [0.717, 1.165) is 88.1 Å². The lowest BCUT2D eigenvalue weighted by molar-refractivity contribution is 1.35. The van der Waals surface area contributed by atoms with E-state index in [1.807, 2.05) is 24.8 Å². The first-order valence-corrected chi connectivity index (χ1v) is 22.5. The van der Waals surface area contributed by atoms with Gasteiger partial charge >= 0.3 is 0 Å². The third-order valence-electron chi connectivity index (χ3n) is 14.3. The molecule has 0 N–H and O–H groups in total. The van der Waals surface area contributed by atoms with Crippen molar-refractivity contribution in [2.75, 3.05) is 0 Å². The Kier molecular flexibility index (Phi) is 7.19. The third kappa shape index (κ3) is 4.72. The van der Waals surface area contributed by atoms with Crippen LogP contribution in [0.25, 0.3) is 154 Å². The van der Waals surface area contributed by atoms with E-state index in [0.29, 0.717) is 0 Å². The molecule has 4 heteroatoms. The number of fused-ring (bicyclic) bond motifs is 11. The summed E-state index contributed by atoms with van der Waals surface area (Å²) in [5.41, 5.74) is 18.0. The quantitative estimate of drug-likeness (QED) is 0.177. The van der Waals surface area contributed by atoms with Crippen molar-refractivity contribution in [3.63, 3.8) is 0 Å². The Morgan fingerprint density at radius 2 is 0.470 bits per heavy atom. The SMILES string of the molecule is c1ccc2c(-c3ccc(-c4nccc5ccccc45)c4c3-c3ccc5c6c(ccc-4c36)-c3c-5c(-c4nccc5ccccc45)c4ccccc4c3-c3nccc4ccccc34)nccc2c1. The van der Waals surface area contributed by atoms with Crippen molar-refractivity contribution in [1.29, 1.82) is 0 Å². The third-order valence-corrected chi connectivity index (χ3v) is 14.3. The number of rotatable bonds is 4. The van der Waals surface area contributed by atoms with E-state index < -0.39 is 0 Å². The topological polar surface area (TPSA) is 51.6 Å². The van der Waals surface area contributed by atoms with E-state index in [2.05, 4.69) is 182 Å². The van der Waals surface area contributed by atoms with Gasteiger partial charge in [-0.25, -0.2) is 0 Å². The molecule has 0 atom stereocenters. The second-order valence-corrected chi connectivity index (χ2v) is 17.6. The van der Waals surface area contributed by atoms with E-state index in [1.165, 1.54) is 66.1 Å². The minimum Gasteiger partial charge on any atom is -0.256 e. The van der Waals surface area contributed by atoms with Crippen molar-refractivity contribution in [3.05, 3.63) is 207 Å². The largest absolute Gasteiger partial charge is 0.256 e. The van der Waals surface area contributed by atoms with Gasteiger partial charge in [0, 0.05) is 90.8 Å². The number of hydrogen-bond acceptors (Lipinski definition) is 4. The number of aromatic nitrogens is 4. The molecule has 4 heterocycles. The number of benzene rings is 9. The maximum absolute atomic E-state index is 5.27. The Balaban J connectivity index is 1.11. The maximum atomic E-state index is 5.27. The fraction of sp³-hybridized carbons (Fsp3) is 0. The molecule has 15 rings (SSSR count). The van der Waals surface area contributed by atoms with Crippen molar-refractivity contribution < 1.29 is 0 Å². The predicted octanol–water partition coefficient (Wildman–Crippen LogP) is 16.1. The summed E-state index contributed by atoms with van der Waals surface area (Å²) in [5, 5.41) is 14.0. The fourth-order valence-corrected chi connectivity index (χ4v) is 11.7. The molecule has 9 aromatic carbocycles. The van der Waals surface area contributed by atoms with Gasteiger partial charge in [-0.1, -0.05) is 158 Å². The number of hydrogen-bond donors (Lipinski definition) is 0. The van der Waals surface area contributed by atoms with Crippen molar-refractivity contribution in [1.82, 2.24) is 19.9 Å². The molecule has 13 aromatic rings. The molecular formula is C62H34N4. The molecule has 2 aliphatic rings. The summed E-state index contributed by atoms with van der Waals surface area (Å²) < 4.78 is 0. The summed E-state index contributed by atoms with van der Waals surface area (Å²) in [6.07, 6.45) is 7.83. The van der Waals surface area contributed by atoms with Crippen LogP contribution >= 0.6 is 0 Å². The molecule has 0 fully saturated rings. The Morgan fingerprint density at radius 1 is 0.197 bits per heavy atom. The standard InChI is InChI=1S/C62H34N4/c1-5-15-39-35(11-1)27-31-63-59(39)49-25-26-50(60-40-16-6-2-12-36(40)28-32-64-60)54-46-22-24-48-52-47(23-21-45(51(46)52)53(49)54)55-56(48)58(62-42-18-8-4-14-38(42)30-34-66-62)44-20-10-9-19-43(44)57(55)61-41-17-7-3-13-37(41)29-33-65-61/h1-34H. The Morgan fingerprint density at radius 3 is 0.833 bits per heavy atom. The van der Waals surface area contributed by atoms with Gasteiger partial charge in [0.25, 0.3) is 0 Å². The minimum atomic E-state index is 0.977. The summed E-state index contributed by atoms with van der Waals surface area (Å²) in [5.74, 6) is 0. The lowest BCUT2D eigenvalue weighted by Crippen LogP contribution is -1.97. The maximum Gasteiger partial charge on any atom is 0.0793 e. The fourth-order valence-electron chi connectivity index (χ4n) is 11.7. The van der Waals surface area contributed by atoms with Crippen LogP contribution in [0.2, 0.25) is 0 Å². The van der Waals surface area contributed by atoms with Gasteiger partial charge in [0.05, 0.1) is 22.8 Å². The van der Waals surface area contributed by atoms with Gasteiger partial charge in [0.1, 0.15) is 0 Å². The van der Waals surface area contributed by atoms with Crippen LogP contribution in [0, 0.1) is 0 Å². The van der Waals surface area contributed by atoms with Gasteiger partial charge in [-0.3, -0.25) is 19.9 Å². The van der Waals surface area contributed by atoms with Crippen LogP contribution < -0.4 is 0 Å². The molecule has 0 bridgehead atoms. The molecule has 4 nitrogen and oxygen atoms in total. The normalized spacial score (nSPS) is 12.2. The zero-order valence-electron chi connectivity index (χ0n) is 35.4. The molecule has 0 radical (unpaired) electrons. The summed E-state index contributed by atoms with van der Waals surface area (Å²) in [6, 6.07) is 65.9. The molecule has 0 unspecified atom stereocenters. The number of pyridine rings is 4. The summed E-state index contributed by atoms with van der Waals surface area (Å²) in [6.45, 7) is 0. The van der Waals surface area contributed by atoms with Crippen LogP contribution in [0.3, 0.4) is 0 Å². The molecule has 0 amide bonds. The highest BCUT2D eigenvalue weighted by molar-refractivity contribution is 6.34. The van der Waals surface area contributed by atoms with Crippen LogP contribution in [0.1, 0.15) is 0 Å². The van der Waals surface area contributed by atoms with Crippen molar-refractivity contribution in [3.8, 4) is 89.5 Å². The second kappa shape index (κ2) is 13.3. The lowest BCUT2D eigenvalue weighted by Gasteiger charge is -2.21. The van der Waals surface area contributed by atoms with Gasteiger partial charge in [-0.2, -0.15) is 0 Å². The van der Waals surface area contributed by atoms with E-state index >= 15 is 0 Å². The van der Waals surface area contributed by atoms with Crippen molar-refractivity contribution >= 4 is 64.6 Å². The van der Waals surface area contributed by atoms with E-state index in [4.69, 9.17) is 19.9 Å². The van der Waals surface area contributed by atoms with Crippen LogP contribution in [-0.4, -0.2) is 19.9 Å². The average Bonchev–Trinajstić information content (AvgIpc) is 3.90. The zero-order chi connectivity index (χ0) is 43.0. The first-order valence-electron chi connectivity index (χ1n) is 22.5. The van der Waals surface area contributed by atoms with Crippen molar-refractivity contribution in [2.45, 2.75) is 0 Å². The van der Waals surface area contributed by atoms with Crippen LogP contribution in [0.4, 0.5) is 0 Å². The second-order valence-electron chi connectivity index (χ2n) is 17.6. The number of nitrogens with zero attached hydrogens (tertiary/aromatic N) is 4. The van der Waals surface area contributed by atoms with Gasteiger partial charge in [-0.15, -0.1) is 0 Å². The van der Waals surface area contributed by atoms with Crippen LogP contribution in [-0.2, 0) is 0 Å². The van der Waals surface area contributed by atoms with Gasteiger partial charge in [0.2, 0.25) is 0 Å². The van der Waals surface area contributed by atoms with Gasteiger partial charge in [0.15, 0.2) is 0 Å². The van der Waals surface area contributed by atoms with Gasteiger partial charge < -0.3 is 0 Å². The van der Waals surface area contributed by atoms with E-state index in [1.54, 1.807) is 0 Å². The monoisotopic (exact) mass is 834 g/mol. The smallest absolute Gasteiger partial charge is 0.0793 e. The van der Waals surface area contributed by atoms with Crippen LogP contribution in [0.15, 0.2) is 207 Å². The Labute approximate surface area is 379 Å². The minimum absolute atomic E-state index is 0.977. The van der Waals surface area contributed by atoms with Crippen molar-refractivity contribution in [2.24, 2.45) is 0 Å². The molecule has 0 saturated heterocycles. The molecule has 2 aliphatic carbocycles. The molecule has 0 aliphatic heterocycles. The molecular weight excluding hydrogens is 801 g/mol. The summed E-state index contributed by atoms with van der Waals surface area (Å²) >= 11 is 0. The molecule has 4 aromatic heterocycles. The highest BCUT2D eigenvalue weighted by Gasteiger charge is 2.37. The lowest BCUT2D eigenvalue weighted by atomic mass is 9.83. The van der Waals surface area contributed by atoms with Crippen LogP contribution in [0.5, 0.6) is 0 Å². The predicted molar refractivity (Wildman–Crippen MR) is 273 cm³/mol. The summed E-state index contributed by atoms with van der Waals surface area (Å²) in [7, 11) is 0. The molecule has 66 heavy (non-hydrogen) atoms. The molecule has 0 spiro atoms. The van der Waals surface area contributed by atoms with E-state index in [9.17, 15) is 0 Å². The molecule has 302 valence electrons. The first kappa shape index (κ1) is 35.6. The zero-order valence-corrected chi connectivity index (χ0v) is 35.4. The Hall–Kier alpha value is -8.86.